The summed E-state index contributed by atoms with van der Waals surface area (Å²) in [5, 5.41) is 6.74. The van der Waals surface area contributed by atoms with Crippen molar-refractivity contribution in [1.29, 1.82) is 0 Å². The van der Waals surface area contributed by atoms with Crippen LogP contribution in [-0.4, -0.2) is 33.0 Å². The van der Waals surface area contributed by atoms with Gasteiger partial charge in [-0.05, 0) is 25.0 Å². The summed E-state index contributed by atoms with van der Waals surface area (Å²) in [6.45, 7) is 2.82. The third-order valence-electron chi connectivity index (χ3n) is 3.00. The van der Waals surface area contributed by atoms with E-state index in [0.29, 0.717) is 6.42 Å². The molecule has 0 saturated heterocycles. The van der Waals surface area contributed by atoms with Crippen LogP contribution in [0.2, 0.25) is 0 Å². The van der Waals surface area contributed by atoms with Gasteiger partial charge in [0.1, 0.15) is 9.84 Å². The molecule has 2 N–H and O–H groups in total. The normalized spacial score (nSPS) is 19.1. The Morgan fingerprint density at radius 3 is 2.88 bits per heavy atom. The molecule has 0 radical (unpaired) electrons. The molecule has 2 rings (SSSR count). The van der Waals surface area contributed by atoms with Crippen molar-refractivity contribution in [2.45, 2.75) is 19.4 Å². The number of hydrogen-bond donors (Lipinski definition) is 2. The van der Waals surface area contributed by atoms with Crippen molar-refractivity contribution in [3.05, 3.63) is 23.8 Å². The van der Waals surface area contributed by atoms with Crippen LogP contribution >= 0.6 is 0 Å². The summed E-state index contributed by atoms with van der Waals surface area (Å²) in [5.41, 5.74) is 3.37. The van der Waals surface area contributed by atoms with Crippen molar-refractivity contribution >= 4 is 21.2 Å². The van der Waals surface area contributed by atoms with E-state index in [0.717, 1.165) is 17.9 Å². The van der Waals surface area contributed by atoms with Gasteiger partial charge in [-0.15, -0.1) is 0 Å². The van der Waals surface area contributed by atoms with Gasteiger partial charge in [0.25, 0.3) is 0 Å². The monoisotopic (exact) mass is 254 g/mol. The number of para-hydroxylation sites is 1. The van der Waals surface area contributed by atoms with E-state index in [-0.39, 0.29) is 11.8 Å². The average molecular weight is 254 g/mol. The lowest BCUT2D eigenvalue weighted by Gasteiger charge is -2.29. The highest BCUT2D eigenvalue weighted by molar-refractivity contribution is 7.90. The van der Waals surface area contributed by atoms with Crippen molar-refractivity contribution < 1.29 is 8.42 Å². The summed E-state index contributed by atoms with van der Waals surface area (Å²) < 4.78 is 22.3. The highest BCUT2D eigenvalue weighted by atomic mass is 32.2. The van der Waals surface area contributed by atoms with Crippen molar-refractivity contribution in [3.63, 3.8) is 0 Å². The number of rotatable bonds is 3. The molecule has 1 unspecified atom stereocenters. The number of nitrogens with one attached hydrogen (secondary N) is 2. The Kier molecular flexibility index (Phi) is 3.28. The molecule has 0 spiro atoms. The van der Waals surface area contributed by atoms with Crippen LogP contribution in [0.3, 0.4) is 0 Å². The minimum atomic E-state index is -2.88. The molecular weight excluding hydrogens is 236 g/mol. The molecule has 0 bridgehead atoms. The van der Waals surface area contributed by atoms with E-state index in [9.17, 15) is 8.42 Å². The second-order valence-corrected chi connectivity index (χ2v) is 6.90. The molecule has 0 aliphatic carbocycles. The van der Waals surface area contributed by atoms with Gasteiger partial charge in [-0.2, -0.15) is 0 Å². The summed E-state index contributed by atoms with van der Waals surface area (Å²) in [5.74, 6) is 0.230. The van der Waals surface area contributed by atoms with Crippen molar-refractivity contribution in [3.8, 4) is 0 Å². The van der Waals surface area contributed by atoms with Gasteiger partial charge in [0.2, 0.25) is 0 Å². The predicted octanol–water partition coefficient (Wildman–Crippen LogP) is 1.64. The molecule has 1 heterocycles. The molecular formula is C12H18N2O2S. The molecule has 1 atom stereocenters. The lowest BCUT2D eigenvalue weighted by molar-refractivity contribution is 0.594. The van der Waals surface area contributed by atoms with Crippen LogP contribution in [0.25, 0.3) is 0 Å². The van der Waals surface area contributed by atoms with E-state index >= 15 is 0 Å². The zero-order chi connectivity index (χ0) is 12.5. The Labute approximate surface area is 102 Å². The first-order chi connectivity index (χ1) is 7.96. The minimum Gasteiger partial charge on any atom is -0.381 e. The standard InChI is InChI=1S/C12H18N2O2S/c1-9-4-3-5-11-12(9)14-10(8-13-11)6-7-17(2,15)16/h3-5,10,13-14H,6-8H2,1-2H3. The highest BCUT2D eigenvalue weighted by Gasteiger charge is 2.19. The number of benzene rings is 1. The maximum Gasteiger partial charge on any atom is 0.147 e. The lowest BCUT2D eigenvalue weighted by atomic mass is 10.1. The highest BCUT2D eigenvalue weighted by Crippen LogP contribution is 2.29. The quantitative estimate of drug-likeness (QED) is 0.861. The largest absolute Gasteiger partial charge is 0.381 e. The first-order valence-electron chi connectivity index (χ1n) is 5.73. The van der Waals surface area contributed by atoms with Crippen LogP contribution in [-0.2, 0) is 9.84 Å². The third-order valence-corrected chi connectivity index (χ3v) is 3.97. The van der Waals surface area contributed by atoms with Gasteiger partial charge in [-0.3, -0.25) is 0 Å². The third kappa shape index (κ3) is 3.12. The summed E-state index contributed by atoms with van der Waals surface area (Å²) in [6.07, 6.45) is 1.92. The van der Waals surface area contributed by atoms with Crippen molar-refractivity contribution in [2.24, 2.45) is 0 Å². The van der Waals surface area contributed by atoms with Crippen LogP contribution in [0.5, 0.6) is 0 Å². The van der Waals surface area contributed by atoms with Gasteiger partial charge in [0.15, 0.2) is 0 Å². The number of sulfone groups is 1. The molecule has 1 aromatic carbocycles. The molecule has 1 aromatic rings. The number of aryl methyl sites for hydroxylation is 1. The number of fused-ring (bicyclic) bond motifs is 1. The molecule has 1 aliphatic rings. The van der Waals surface area contributed by atoms with E-state index in [4.69, 9.17) is 0 Å². The fourth-order valence-electron chi connectivity index (χ4n) is 2.03. The maximum atomic E-state index is 11.1. The minimum absolute atomic E-state index is 0.179. The summed E-state index contributed by atoms with van der Waals surface area (Å²) in [6, 6.07) is 6.27. The number of hydrogen-bond acceptors (Lipinski definition) is 4. The summed E-state index contributed by atoms with van der Waals surface area (Å²) >= 11 is 0. The van der Waals surface area contributed by atoms with Crippen LogP contribution in [0.1, 0.15) is 12.0 Å². The molecule has 0 fully saturated rings. The first kappa shape index (κ1) is 12.2. The van der Waals surface area contributed by atoms with Crippen LogP contribution in [0, 0.1) is 6.92 Å². The Hall–Kier alpha value is -1.23. The fraction of sp³-hybridized carbons (Fsp3) is 0.500. The Morgan fingerprint density at radius 1 is 1.41 bits per heavy atom. The van der Waals surface area contributed by atoms with Gasteiger partial charge in [-0.25, -0.2) is 8.42 Å². The number of anilines is 2. The first-order valence-corrected chi connectivity index (χ1v) is 7.79. The van der Waals surface area contributed by atoms with Crippen molar-refractivity contribution in [1.82, 2.24) is 0 Å². The van der Waals surface area contributed by atoms with Crippen LogP contribution < -0.4 is 10.6 Å². The Morgan fingerprint density at radius 2 is 2.18 bits per heavy atom. The average Bonchev–Trinajstić information content (AvgIpc) is 2.26. The Balaban J connectivity index is 2.06. The van der Waals surface area contributed by atoms with E-state index in [1.54, 1.807) is 0 Å². The maximum absolute atomic E-state index is 11.1. The summed E-state index contributed by atoms with van der Waals surface area (Å²) in [7, 11) is -2.88. The van der Waals surface area contributed by atoms with Gasteiger partial charge in [0.05, 0.1) is 17.1 Å². The zero-order valence-electron chi connectivity index (χ0n) is 10.2. The van der Waals surface area contributed by atoms with Crippen LogP contribution in [0.15, 0.2) is 18.2 Å². The smallest absolute Gasteiger partial charge is 0.147 e. The van der Waals surface area contributed by atoms with Gasteiger partial charge < -0.3 is 10.6 Å². The second-order valence-electron chi connectivity index (χ2n) is 4.64. The predicted molar refractivity (Wildman–Crippen MR) is 71.4 cm³/mol. The van der Waals surface area contributed by atoms with Gasteiger partial charge in [-0.1, -0.05) is 12.1 Å². The van der Waals surface area contributed by atoms with Crippen LogP contribution in [0.4, 0.5) is 11.4 Å². The molecule has 94 valence electrons. The Bertz CT molecular complexity index is 511. The van der Waals surface area contributed by atoms with Crippen molar-refractivity contribution in [2.75, 3.05) is 29.2 Å². The van der Waals surface area contributed by atoms with E-state index in [2.05, 4.69) is 10.6 Å². The van der Waals surface area contributed by atoms with E-state index in [1.807, 2.05) is 25.1 Å². The zero-order valence-corrected chi connectivity index (χ0v) is 11.0. The topological polar surface area (TPSA) is 58.2 Å². The lowest BCUT2D eigenvalue weighted by Crippen LogP contribution is -2.34. The molecule has 17 heavy (non-hydrogen) atoms. The molecule has 0 amide bonds. The molecule has 1 aliphatic heterocycles. The van der Waals surface area contributed by atoms with E-state index in [1.165, 1.54) is 11.8 Å². The SMILES string of the molecule is Cc1cccc2c1NC(CCS(C)(=O)=O)CN2. The molecule has 4 nitrogen and oxygen atoms in total. The van der Waals surface area contributed by atoms with Gasteiger partial charge >= 0.3 is 0 Å². The second kappa shape index (κ2) is 4.56. The van der Waals surface area contributed by atoms with Gasteiger partial charge in [0, 0.05) is 18.8 Å². The molecule has 0 aromatic heterocycles. The molecule has 5 heteroatoms. The van der Waals surface area contributed by atoms with E-state index < -0.39 is 9.84 Å². The fourth-order valence-corrected chi connectivity index (χ4v) is 2.74. The molecule has 0 saturated carbocycles. The summed E-state index contributed by atoms with van der Waals surface area (Å²) in [4.78, 5) is 0.